The van der Waals surface area contributed by atoms with Gasteiger partial charge in [-0.3, -0.25) is 9.97 Å². The molecule has 1 aliphatic carbocycles. The maximum Gasteiger partial charge on any atom is 0.263 e. The van der Waals surface area contributed by atoms with Crippen LogP contribution in [0.4, 0.5) is 5.82 Å². The van der Waals surface area contributed by atoms with E-state index in [4.69, 9.17) is 37.9 Å². The third-order valence-corrected chi connectivity index (χ3v) is 16.3. The molecule has 13 heterocycles. The summed E-state index contributed by atoms with van der Waals surface area (Å²) in [6.45, 7) is 36.0. The highest BCUT2D eigenvalue weighted by atomic mass is 16.7. The van der Waals surface area contributed by atoms with Gasteiger partial charge in [-0.15, -0.1) is 0 Å². The number of nitrogens with zero attached hydrogens (tertiary/aromatic N) is 8. The van der Waals surface area contributed by atoms with E-state index in [0.29, 0.717) is 72.1 Å². The number of rotatable bonds is 7. The van der Waals surface area contributed by atoms with Gasteiger partial charge in [0.1, 0.15) is 31.9 Å². The highest BCUT2D eigenvalue weighted by molar-refractivity contribution is 5.56. The van der Waals surface area contributed by atoms with Gasteiger partial charge < -0.3 is 43.2 Å². The van der Waals surface area contributed by atoms with Crippen LogP contribution in [0.2, 0.25) is 0 Å². The topological polar surface area (TPSA) is 189 Å². The second-order valence-corrected chi connectivity index (χ2v) is 25.4. The first-order chi connectivity index (χ1) is 43.5. The van der Waals surface area contributed by atoms with E-state index in [1.807, 2.05) is 43.1 Å². The summed E-state index contributed by atoms with van der Waals surface area (Å²) in [7, 11) is 0. The van der Waals surface area contributed by atoms with E-state index in [2.05, 4.69) is 166 Å². The Morgan fingerprint density at radius 2 is 0.733 bits per heavy atom. The minimum Gasteiger partial charge on any atom is -0.491 e. The van der Waals surface area contributed by atoms with Crippen molar-refractivity contribution < 1.29 is 37.9 Å². The van der Waals surface area contributed by atoms with Gasteiger partial charge in [0.15, 0.2) is 17.3 Å². The van der Waals surface area contributed by atoms with E-state index < -0.39 is 0 Å². The summed E-state index contributed by atoms with van der Waals surface area (Å²) in [5.41, 5.74) is 15.6. The fourth-order valence-electron chi connectivity index (χ4n) is 11.7. The van der Waals surface area contributed by atoms with Gasteiger partial charge in [0, 0.05) is 70.7 Å². The molecule has 90 heavy (non-hydrogen) atoms. The van der Waals surface area contributed by atoms with E-state index in [9.17, 15) is 0 Å². The van der Waals surface area contributed by atoms with Gasteiger partial charge in [0.2, 0.25) is 24.3 Å². The van der Waals surface area contributed by atoms with Crippen molar-refractivity contribution in [2.45, 2.75) is 203 Å². The summed E-state index contributed by atoms with van der Waals surface area (Å²) in [5, 5.41) is 3.22. The average molecular weight is 1230 g/mol. The van der Waals surface area contributed by atoms with Gasteiger partial charge in [-0.2, -0.15) is 4.98 Å². The van der Waals surface area contributed by atoms with Crippen LogP contribution < -0.4 is 43.2 Å². The van der Waals surface area contributed by atoms with Crippen LogP contribution in [0.25, 0.3) is 0 Å². The highest BCUT2D eigenvalue weighted by Crippen LogP contribution is 2.39. The second kappa shape index (κ2) is 33.8. The Bertz CT molecular complexity index is 2900. The van der Waals surface area contributed by atoms with E-state index in [1.54, 1.807) is 11.8 Å². The molecule has 0 saturated heterocycles. The van der Waals surface area contributed by atoms with Crippen molar-refractivity contribution in [1.29, 1.82) is 0 Å². The van der Waals surface area contributed by atoms with Crippen LogP contribution in [0.5, 0.6) is 46.5 Å². The molecule has 0 amide bonds. The lowest BCUT2D eigenvalue weighted by molar-refractivity contribution is 0.162. The van der Waals surface area contributed by atoms with Crippen molar-refractivity contribution in [2.75, 3.05) is 58.3 Å². The summed E-state index contributed by atoms with van der Waals surface area (Å²) < 4.78 is 43.5. The Kier molecular flexibility index (Phi) is 25.6. The monoisotopic (exact) mass is 1230 g/mol. The summed E-state index contributed by atoms with van der Waals surface area (Å²) in [6, 6.07) is 12.5. The summed E-state index contributed by atoms with van der Waals surface area (Å²) in [5.74, 6) is 10.9. The number of pyridine rings is 6. The molecule has 0 spiro atoms. The Morgan fingerprint density at radius 3 is 1.33 bits per heavy atom. The largest absolute Gasteiger partial charge is 0.491 e. The molecule has 1 N–H and O–H groups in total. The number of hydrogen-bond acceptors (Lipinski definition) is 17. The Hall–Kier alpha value is -7.82. The van der Waals surface area contributed by atoms with Gasteiger partial charge >= 0.3 is 0 Å². The second-order valence-electron chi connectivity index (χ2n) is 25.4. The molecule has 0 unspecified atom stereocenters. The Labute approximate surface area is 535 Å². The zero-order valence-corrected chi connectivity index (χ0v) is 56.1. The van der Waals surface area contributed by atoms with Crippen LogP contribution in [0.3, 0.4) is 0 Å². The molecule has 0 saturated carbocycles. The van der Waals surface area contributed by atoms with E-state index in [-0.39, 0.29) is 6.79 Å². The number of aryl methyl sites for hydroxylation is 2. The van der Waals surface area contributed by atoms with Crippen molar-refractivity contribution >= 4 is 5.82 Å². The third-order valence-electron chi connectivity index (χ3n) is 16.3. The SMILES string of the molecule is CC(C)c1ccnc2c1CCCC2.CC(C)c1ccnc2c1CCCO2.CC(C)c1ccnc2c1CCCO2.CC(C)c1ccnc2c1OCCC2.CC(C)c1ccnc2c1OCCN2.CC(C)c1ccnc2c1OCCO2.CC(C)c1ncnc2c1OCO2. The lowest BCUT2D eigenvalue weighted by atomic mass is 9.88. The molecule has 14 rings (SSSR count). The van der Waals surface area contributed by atoms with Gasteiger partial charge in [-0.25, -0.2) is 24.9 Å². The molecule has 6 aliphatic heterocycles. The molecule has 17 nitrogen and oxygen atoms in total. The van der Waals surface area contributed by atoms with Crippen LogP contribution in [0.15, 0.2) is 79.9 Å². The zero-order valence-electron chi connectivity index (χ0n) is 56.1. The molecular weight excluding hydrogens is 1130 g/mol. The molecule has 0 fully saturated rings. The maximum absolute atomic E-state index is 5.65. The smallest absolute Gasteiger partial charge is 0.263 e. The van der Waals surface area contributed by atoms with Crippen molar-refractivity contribution in [3.8, 4) is 46.5 Å². The number of anilines is 1. The zero-order chi connectivity index (χ0) is 64.1. The van der Waals surface area contributed by atoms with Gasteiger partial charge in [-0.05, 0) is 164 Å². The first-order valence-corrected chi connectivity index (χ1v) is 33.0. The number of aromatic nitrogens is 8. The first kappa shape index (κ1) is 68.1. The van der Waals surface area contributed by atoms with Gasteiger partial charge in [0.05, 0.1) is 37.8 Å². The van der Waals surface area contributed by atoms with E-state index >= 15 is 0 Å². The number of nitrogens with one attached hydrogen (secondary N) is 1. The number of fused-ring (bicyclic) bond motifs is 7. The van der Waals surface area contributed by atoms with Crippen molar-refractivity contribution in [2.24, 2.45) is 0 Å². The maximum atomic E-state index is 5.65. The standard InChI is InChI=1S/C12H17N.3C11H15NO.C10H14N2O.C10H13NO2.C8H10N2O2/c1-9(2)10-7-8-13-12-6-4-3-5-11(10)12;1-8(2)9-5-6-12-10-4-3-7-13-11(9)10;2*1-8(2)9-5-6-12-11-10(9)4-3-7-13-11;1-7(2)8-3-4-11-10-9(8)13-6-5-12-10;1-7(2)8-3-4-11-10-9(8)12-5-6-13-10;1-5(2)6-7-8(10-3-9-6)12-4-11-7/h7-9H,3-6H2,1-2H3;3*5-6,8H,3-4,7H2,1-2H3;3-4,7H,5-6H2,1-2H3,(H,11,12);3-4,7H,5-6H2,1-2H3;3,5H,4H2,1-2H3. The number of hydrogen-bond donors (Lipinski definition) is 1. The van der Waals surface area contributed by atoms with E-state index in [0.717, 1.165) is 118 Å². The highest BCUT2D eigenvalue weighted by Gasteiger charge is 2.24. The minimum atomic E-state index is 0.258. The van der Waals surface area contributed by atoms with Crippen molar-refractivity contribution in [3.05, 3.63) is 147 Å². The predicted octanol–water partition coefficient (Wildman–Crippen LogP) is 16.0. The van der Waals surface area contributed by atoms with Gasteiger partial charge in [0.25, 0.3) is 11.8 Å². The normalized spacial score (nSPS) is 15.0. The number of ether oxygens (including phenoxy) is 8. The van der Waals surface area contributed by atoms with Crippen LogP contribution >= 0.6 is 0 Å². The lowest BCUT2D eigenvalue weighted by Gasteiger charge is -2.21. The first-order valence-electron chi connectivity index (χ1n) is 33.0. The Morgan fingerprint density at radius 1 is 0.311 bits per heavy atom. The molecule has 0 radical (unpaired) electrons. The molecule has 0 aromatic carbocycles. The summed E-state index contributed by atoms with van der Waals surface area (Å²) in [4.78, 5) is 33.7. The molecule has 17 heteroatoms. The molecule has 7 aromatic heterocycles. The fourth-order valence-corrected chi connectivity index (χ4v) is 11.7. The van der Waals surface area contributed by atoms with Crippen molar-refractivity contribution in [3.63, 3.8) is 0 Å². The fraction of sp³-hybridized carbons (Fsp3) is 0.534. The molecule has 484 valence electrons. The van der Waals surface area contributed by atoms with Crippen LogP contribution in [0.1, 0.15) is 238 Å². The minimum absolute atomic E-state index is 0.258. The lowest BCUT2D eigenvalue weighted by Crippen LogP contribution is -2.20. The van der Waals surface area contributed by atoms with E-state index in [1.165, 1.54) is 82.2 Å². The predicted molar refractivity (Wildman–Crippen MR) is 355 cm³/mol. The molecule has 7 aliphatic rings. The van der Waals surface area contributed by atoms with Crippen LogP contribution in [0, 0.1) is 0 Å². The van der Waals surface area contributed by atoms with Crippen LogP contribution in [-0.2, 0) is 32.1 Å². The molecular formula is C73H99N9O8. The Balaban J connectivity index is 0.000000136. The van der Waals surface area contributed by atoms with Gasteiger partial charge in [-0.1, -0.05) is 96.9 Å². The van der Waals surface area contributed by atoms with Crippen molar-refractivity contribution in [1.82, 2.24) is 39.9 Å². The molecule has 0 bridgehead atoms. The molecule has 7 aromatic rings. The third kappa shape index (κ3) is 18.2. The van der Waals surface area contributed by atoms with Crippen LogP contribution in [-0.4, -0.2) is 92.9 Å². The quantitative estimate of drug-likeness (QED) is 0.158. The summed E-state index contributed by atoms with van der Waals surface area (Å²) in [6.07, 6.45) is 24.4. The average Bonchev–Trinajstić information content (AvgIpc) is 2.99. The molecule has 0 atom stereocenters. The summed E-state index contributed by atoms with van der Waals surface area (Å²) >= 11 is 0.